The summed E-state index contributed by atoms with van der Waals surface area (Å²) in [5, 5.41) is 6.45. The maximum absolute atomic E-state index is 5.79. The highest BCUT2D eigenvalue weighted by Crippen LogP contribution is 2.21. The monoisotopic (exact) mass is 323 g/mol. The highest BCUT2D eigenvalue weighted by Gasteiger charge is 2.05. The zero-order valence-electron chi connectivity index (χ0n) is 14.6. The summed E-state index contributed by atoms with van der Waals surface area (Å²) in [6.45, 7) is 7.90. The van der Waals surface area contributed by atoms with Crippen molar-refractivity contribution in [3.8, 4) is 5.75 Å². The molecule has 6 nitrogen and oxygen atoms in total. The molecule has 0 aliphatic rings. The van der Waals surface area contributed by atoms with Crippen LogP contribution in [-0.4, -0.2) is 53.1 Å². The maximum Gasteiger partial charge on any atom is 0.191 e. The number of aliphatic imine (C=N–C) groups is 1. The van der Waals surface area contributed by atoms with Gasteiger partial charge in [0, 0.05) is 32.9 Å². The SMILES string of the molecule is CCNC(=NCc1ccc(C)cc1OCCOC)NCCOC. The number of benzene rings is 1. The minimum atomic E-state index is 0.531. The molecule has 0 radical (unpaired) electrons. The minimum absolute atomic E-state index is 0.531. The Balaban J connectivity index is 2.73. The highest BCUT2D eigenvalue weighted by atomic mass is 16.5. The third kappa shape index (κ3) is 7.85. The fraction of sp³-hybridized carbons (Fsp3) is 0.588. The molecule has 0 heterocycles. The lowest BCUT2D eigenvalue weighted by Crippen LogP contribution is -2.38. The number of nitrogens with zero attached hydrogens (tertiary/aromatic N) is 1. The second kappa shape index (κ2) is 11.7. The molecule has 1 aromatic carbocycles. The van der Waals surface area contributed by atoms with E-state index < -0.39 is 0 Å². The summed E-state index contributed by atoms with van der Waals surface area (Å²) in [5.41, 5.74) is 2.21. The summed E-state index contributed by atoms with van der Waals surface area (Å²) in [4.78, 5) is 4.60. The minimum Gasteiger partial charge on any atom is -0.491 e. The number of hydrogen-bond acceptors (Lipinski definition) is 4. The molecular weight excluding hydrogens is 294 g/mol. The largest absolute Gasteiger partial charge is 0.491 e. The van der Waals surface area contributed by atoms with Crippen molar-refractivity contribution in [1.29, 1.82) is 0 Å². The number of hydrogen-bond donors (Lipinski definition) is 2. The number of methoxy groups -OCH3 is 2. The first-order valence-electron chi connectivity index (χ1n) is 7.93. The van der Waals surface area contributed by atoms with E-state index in [0.717, 1.165) is 29.4 Å². The van der Waals surface area contributed by atoms with Gasteiger partial charge in [-0.25, -0.2) is 4.99 Å². The molecule has 0 amide bonds. The number of nitrogens with one attached hydrogen (secondary N) is 2. The molecular formula is C17H29N3O3. The first kappa shape index (κ1) is 19.3. The van der Waals surface area contributed by atoms with Gasteiger partial charge >= 0.3 is 0 Å². The smallest absolute Gasteiger partial charge is 0.191 e. The summed E-state index contributed by atoms with van der Waals surface area (Å²) in [6.07, 6.45) is 0. The van der Waals surface area contributed by atoms with E-state index in [1.54, 1.807) is 14.2 Å². The molecule has 0 aliphatic heterocycles. The summed E-state index contributed by atoms with van der Waals surface area (Å²) in [6, 6.07) is 6.16. The molecule has 23 heavy (non-hydrogen) atoms. The Hall–Kier alpha value is -1.79. The van der Waals surface area contributed by atoms with Gasteiger partial charge in [-0.3, -0.25) is 0 Å². The molecule has 0 atom stereocenters. The Bertz CT molecular complexity index is 478. The number of guanidine groups is 1. The van der Waals surface area contributed by atoms with Crippen LogP contribution in [-0.2, 0) is 16.0 Å². The van der Waals surface area contributed by atoms with Crippen LogP contribution in [0, 0.1) is 6.92 Å². The number of rotatable bonds is 10. The van der Waals surface area contributed by atoms with E-state index in [2.05, 4.69) is 27.8 Å². The second-order valence-corrected chi connectivity index (χ2v) is 5.07. The van der Waals surface area contributed by atoms with Crippen LogP contribution in [0.25, 0.3) is 0 Å². The average molecular weight is 323 g/mol. The van der Waals surface area contributed by atoms with Crippen LogP contribution < -0.4 is 15.4 Å². The highest BCUT2D eigenvalue weighted by molar-refractivity contribution is 5.79. The summed E-state index contributed by atoms with van der Waals surface area (Å²) in [7, 11) is 3.35. The van der Waals surface area contributed by atoms with Crippen LogP contribution >= 0.6 is 0 Å². The van der Waals surface area contributed by atoms with E-state index in [1.807, 2.05) is 19.9 Å². The van der Waals surface area contributed by atoms with Crippen LogP contribution in [0.3, 0.4) is 0 Å². The van der Waals surface area contributed by atoms with Crippen LogP contribution in [0.5, 0.6) is 5.75 Å². The normalized spacial score (nSPS) is 11.4. The number of ether oxygens (including phenoxy) is 3. The van der Waals surface area contributed by atoms with Gasteiger partial charge in [-0.05, 0) is 25.5 Å². The third-order valence-electron chi connectivity index (χ3n) is 3.12. The Morgan fingerprint density at radius 2 is 1.87 bits per heavy atom. The van der Waals surface area contributed by atoms with Crippen molar-refractivity contribution >= 4 is 5.96 Å². The standard InChI is InChI=1S/C17H29N3O3/c1-5-18-17(19-8-9-21-3)20-13-15-7-6-14(2)12-16(15)23-11-10-22-4/h6-7,12H,5,8-11,13H2,1-4H3,(H2,18,19,20). The molecule has 0 saturated carbocycles. The van der Waals surface area contributed by atoms with Crippen molar-refractivity contribution < 1.29 is 14.2 Å². The fourth-order valence-corrected chi connectivity index (χ4v) is 1.94. The molecule has 2 N–H and O–H groups in total. The molecule has 1 rings (SSSR count). The summed E-state index contributed by atoms with van der Waals surface area (Å²) >= 11 is 0. The molecule has 0 aliphatic carbocycles. The van der Waals surface area contributed by atoms with Crippen molar-refractivity contribution in [2.24, 2.45) is 4.99 Å². The second-order valence-electron chi connectivity index (χ2n) is 5.07. The van der Waals surface area contributed by atoms with Gasteiger partial charge in [0.25, 0.3) is 0 Å². The lowest BCUT2D eigenvalue weighted by molar-refractivity contribution is 0.145. The van der Waals surface area contributed by atoms with Crippen LogP contribution in [0.1, 0.15) is 18.1 Å². The molecule has 0 spiro atoms. The molecule has 6 heteroatoms. The van der Waals surface area contributed by atoms with Crippen molar-refractivity contribution in [3.63, 3.8) is 0 Å². The van der Waals surface area contributed by atoms with Crippen molar-refractivity contribution in [2.45, 2.75) is 20.4 Å². The van der Waals surface area contributed by atoms with Crippen LogP contribution in [0.4, 0.5) is 0 Å². The molecule has 0 saturated heterocycles. The van der Waals surface area contributed by atoms with Crippen LogP contribution in [0.15, 0.2) is 23.2 Å². The molecule has 0 fully saturated rings. The van der Waals surface area contributed by atoms with E-state index in [4.69, 9.17) is 14.2 Å². The predicted molar refractivity (Wildman–Crippen MR) is 93.2 cm³/mol. The maximum atomic E-state index is 5.79. The predicted octanol–water partition coefficient (Wildman–Crippen LogP) is 1.72. The molecule has 0 bridgehead atoms. The molecule has 1 aromatic rings. The van der Waals surface area contributed by atoms with E-state index in [-0.39, 0.29) is 0 Å². The van der Waals surface area contributed by atoms with Gasteiger partial charge in [-0.15, -0.1) is 0 Å². The van der Waals surface area contributed by atoms with Gasteiger partial charge < -0.3 is 24.8 Å². The average Bonchev–Trinajstić information content (AvgIpc) is 2.54. The summed E-state index contributed by atoms with van der Waals surface area (Å²) in [5.74, 6) is 1.63. The first-order chi connectivity index (χ1) is 11.2. The van der Waals surface area contributed by atoms with E-state index >= 15 is 0 Å². The first-order valence-corrected chi connectivity index (χ1v) is 7.93. The molecule has 0 aromatic heterocycles. The number of aryl methyl sites for hydroxylation is 1. The van der Waals surface area contributed by atoms with Gasteiger partial charge in [0.2, 0.25) is 0 Å². The van der Waals surface area contributed by atoms with Crippen molar-refractivity contribution in [2.75, 3.05) is 47.1 Å². The Morgan fingerprint density at radius 3 is 2.57 bits per heavy atom. The zero-order valence-corrected chi connectivity index (χ0v) is 14.6. The molecule has 0 unspecified atom stereocenters. The fourth-order valence-electron chi connectivity index (χ4n) is 1.94. The lowest BCUT2D eigenvalue weighted by Gasteiger charge is -2.13. The van der Waals surface area contributed by atoms with Gasteiger partial charge in [-0.1, -0.05) is 12.1 Å². The Morgan fingerprint density at radius 1 is 1.09 bits per heavy atom. The third-order valence-corrected chi connectivity index (χ3v) is 3.12. The van der Waals surface area contributed by atoms with Gasteiger partial charge in [0.05, 0.1) is 19.8 Å². The summed E-state index contributed by atoms with van der Waals surface area (Å²) < 4.78 is 15.9. The van der Waals surface area contributed by atoms with Gasteiger partial charge in [0.15, 0.2) is 5.96 Å². The lowest BCUT2D eigenvalue weighted by atomic mass is 10.1. The molecule has 130 valence electrons. The Labute approximate surface area is 139 Å². The topological polar surface area (TPSA) is 64.1 Å². The van der Waals surface area contributed by atoms with E-state index in [1.165, 1.54) is 0 Å². The quantitative estimate of drug-likeness (QED) is 0.390. The van der Waals surface area contributed by atoms with Crippen molar-refractivity contribution in [1.82, 2.24) is 10.6 Å². The van der Waals surface area contributed by atoms with Gasteiger partial charge in [-0.2, -0.15) is 0 Å². The zero-order chi connectivity index (χ0) is 16.9. The van der Waals surface area contributed by atoms with E-state index in [0.29, 0.717) is 32.9 Å². The van der Waals surface area contributed by atoms with Gasteiger partial charge in [0.1, 0.15) is 12.4 Å². The van der Waals surface area contributed by atoms with Crippen molar-refractivity contribution in [3.05, 3.63) is 29.3 Å². The Kier molecular flexibility index (Phi) is 9.83. The van der Waals surface area contributed by atoms with Crippen LogP contribution in [0.2, 0.25) is 0 Å². The van der Waals surface area contributed by atoms with E-state index in [9.17, 15) is 0 Å².